The monoisotopic (exact) mass is 648 g/mol. The lowest BCUT2D eigenvalue weighted by Gasteiger charge is -2.32. The molecule has 13 heteroatoms. The van der Waals surface area contributed by atoms with E-state index in [0.717, 1.165) is 37.1 Å². The van der Waals surface area contributed by atoms with Crippen LogP contribution < -0.4 is 5.32 Å². The average Bonchev–Trinajstić information content (AvgIpc) is 3.43. The first-order valence-electron chi connectivity index (χ1n) is 14.2. The van der Waals surface area contributed by atoms with Crippen molar-refractivity contribution in [1.82, 2.24) is 20.0 Å². The zero-order valence-corrected chi connectivity index (χ0v) is 26.0. The molecular formula is C31H32ClF3N4O4S. The number of alkyl halides is 3. The lowest BCUT2D eigenvalue weighted by Crippen LogP contribution is -2.43. The van der Waals surface area contributed by atoms with Crippen LogP contribution in [0.25, 0.3) is 17.0 Å². The summed E-state index contributed by atoms with van der Waals surface area (Å²) >= 11 is 6.68. The van der Waals surface area contributed by atoms with E-state index in [4.69, 9.17) is 16.3 Å². The van der Waals surface area contributed by atoms with Gasteiger partial charge in [0.15, 0.2) is 0 Å². The highest BCUT2D eigenvalue weighted by Crippen LogP contribution is 2.36. The number of alkyl carbamates (subject to hydrolysis) is 1. The summed E-state index contributed by atoms with van der Waals surface area (Å²) in [4.78, 5) is 39.8. The molecule has 8 nitrogen and oxygen atoms in total. The number of halogens is 4. The quantitative estimate of drug-likeness (QED) is 0.273. The van der Waals surface area contributed by atoms with Crippen LogP contribution in [0.4, 0.5) is 22.8 Å². The molecule has 1 aliphatic carbocycles. The Morgan fingerprint density at radius 2 is 1.93 bits per heavy atom. The van der Waals surface area contributed by atoms with Crippen LogP contribution in [-0.4, -0.2) is 50.1 Å². The first-order chi connectivity index (χ1) is 20.7. The minimum absolute atomic E-state index is 0.00130. The maximum absolute atomic E-state index is 13.6. The van der Waals surface area contributed by atoms with Crippen LogP contribution in [0.2, 0.25) is 5.02 Å². The first kappa shape index (κ1) is 31.9. The molecule has 0 spiro atoms. The number of amides is 3. The predicted octanol–water partition coefficient (Wildman–Crippen LogP) is 7.88. The summed E-state index contributed by atoms with van der Waals surface area (Å²) in [5.74, 6) is -0.322. The van der Waals surface area contributed by atoms with Crippen molar-refractivity contribution in [3.8, 4) is 0 Å². The van der Waals surface area contributed by atoms with Crippen molar-refractivity contribution in [3.63, 3.8) is 0 Å². The molecule has 3 amide bonds. The number of ether oxygens (including phenoxy) is 1. The van der Waals surface area contributed by atoms with Gasteiger partial charge in [-0.25, -0.2) is 4.79 Å². The van der Waals surface area contributed by atoms with Crippen molar-refractivity contribution in [1.29, 1.82) is 0 Å². The van der Waals surface area contributed by atoms with Crippen molar-refractivity contribution >= 4 is 57.6 Å². The number of benzene rings is 2. The predicted molar refractivity (Wildman–Crippen MR) is 163 cm³/mol. The Kier molecular flexibility index (Phi) is 9.04. The summed E-state index contributed by atoms with van der Waals surface area (Å²) in [5.41, 5.74) is -0.108. The molecule has 1 saturated carbocycles. The molecule has 3 aromatic rings. The number of fused-ring (bicyclic) bond motifs is 1. The molecule has 234 valence electrons. The number of carbonyl (C=O) groups excluding carboxylic acids is 3. The smallest absolute Gasteiger partial charge is 0.416 e. The van der Waals surface area contributed by atoms with Gasteiger partial charge in [0.05, 0.1) is 28.7 Å². The van der Waals surface area contributed by atoms with Crippen LogP contribution in [0.15, 0.2) is 47.5 Å². The number of aromatic nitrogens is 2. The number of nitrogens with zero attached hydrogens (tertiary/aromatic N) is 3. The fraction of sp³-hybridized carbons (Fsp3) is 0.419. The number of hydrogen-bond donors (Lipinski definition) is 1. The molecule has 2 atom stereocenters. The lowest BCUT2D eigenvalue weighted by molar-refractivity contribution is -0.138. The lowest BCUT2D eigenvalue weighted by atomic mass is 9.85. The van der Waals surface area contributed by atoms with Crippen LogP contribution in [0.3, 0.4) is 0 Å². The summed E-state index contributed by atoms with van der Waals surface area (Å²) in [6.07, 6.45) is 1.30. The van der Waals surface area contributed by atoms with Crippen molar-refractivity contribution in [2.45, 2.75) is 70.8 Å². The largest absolute Gasteiger partial charge is 0.444 e. The Morgan fingerprint density at radius 1 is 1.16 bits per heavy atom. The molecule has 2 fully saturated rings. The van der Waals surface area contributed by atoms with E-state index in [0.29, 0.717) is 22.9 Å². The van der Waals surface area contributed by atoms with Crippen LogP contribution in [0, 0.1) is 5.92 Å². The molecule has 1 N–H and O–H groups in total. The van der Waals surface area contributed by atoms with Gasteiger partial charge in [-0.2, -0.15) is 18.3 Å². The Hall–Kier alpha value is -3.51. The zero-order valence-electron chi connectivity index (χ0n) is 24.4. The van der Waals surface area contributed by atoms with E-state index >= 15 is 0 Å². The highest BCUT2D eigenvalue weighted by molar-refractivity contribution is 8.18. The molecule has 1 aliphatic heterocycles. The number of nitrogens with one attached hydrogen (secondary N) is 1. The molecule has 1 saturated heterocycles. The third-order valence-electron chi connectivity index (χ3n) is 7.48. The Morgan fingerprint density at radius 3 is 2.66 bits per heavy atom. The van der Waals surface area contributed by atoms with E-state index in [1.807, 2.05) is 0 Å². The Labute approximate surface area is 261 Å². The Balaban J connectivity index is 1.26. The van der Waals surface area contributed by atoms with Gasteiger partial charge in [0.1, 0.15) is 5.60 Å². The highest BCUT2D eigenvalue weighted by Gasteiger charge is 2.38. The van der Waals surface area contributed by atoms with Gasteiger partial charge in [0.2, 0.25) is 0 Å². The minimum atomic E-state index is -4.56. The third-order valence-corrected chi connectivity index (χ3v) is 8.62. The number of rotatable bonds is 6. The van der Waals surface area contributed by atoms with E-state index < -0.39 is 23.4 Å². The standard InChI is InChI=1S/C31H32ClF3N4O4S/c1-30(2,3)43-28(41)37-23-6-4-5-19(12-23)16-38-27(40)26(44-29(38)42)13-18-7-10-25-21(11-18)15-36-39(25)17-20-8-9-22(32)14-24(20)31(33,34)35/h7-11,13-15,19,23H,4-6,12,16-17H2,1-3H3,(H,37,41). The van der Waals surface area contributed by atoms with Crippen molar-refractivity contribution in [3.05, 3.63) is 69.2 Å². The minimum Gasteiger partial charge on any atom is -0.444 e. The van der Waals surface area contributed by atoms with Gasteiger partial charge in [-0.15, -0.1) is 0 Å². The van der Waals surface area contributed by atoms with Gasteiger partial charge in [0.25, 0.3) is 11.1 Å². The van der Waals surface area contributed by atoms with Crippen LogP contribution in [0.1, 0.15) is 63.1 Å². The van der Waals surface area contributed by atoms with E-state index in [-0.39, 0.29) is 51.7 Å². The van der Waals surface area contributed by atoms with E-state index in [1.165, 1.54) is 21.7 Å². The average molecular weight is 649 g/mol. The summed E-state index contributed by atoms with van der Waals surface area (Å²) in [6, 6.07) is 8.79. The highest BCUT2D eigenvalue weighted by atomic mass is 35.5. The van der Waals surface area contributed by atoms with Gasteiger partial charge < -0.3 is 10.1 Å². The summed E-state index contributed by atoms with van der Waals surface area (Å²) in [5, 5.41) is 7.51. The van der Waals surface area contributed by atoms with Gasteiger partial charge in [-0.1, -0.05) is 30.2 Å². The van der Waals surface area contributed by atoms with E-state index in [9.17, 15) is 27.6 Å². The number of carbonyl (C=O) groups is 3. The molecule has 2 heterocycles. The second-order valence-corrected chi connectivity index (χ2v) is 13.5. The molecule has 1 aromatic heterocycles. The maximum atomic E-state index is 13.6. The van der Waals surface area contributed by atoms with Gasteiger partial charge >= 0.3 is 12.3 Å². The summed E-state index contributed by atoms with van der Waals surface area (Å²) < 4.78 is 47.6. The van der Waals surface area contributed by atoms with Gasteiger partial charge in [-0.05, 0) is 99.2 Å². The fourth-order valence-electron chi connectivity index (χ4n) is 5.56. The first-order valence-corrected chi connectivity index (χ1v) is 15.4. The van der Waals surface area contributed by atoms with Crippen LogP contribution in [0.5, 0.6) is 0 Å². The van der Waals surface area contributed by atoms with Crippen LogP contribution in [-0.2, 0) is 22.3 Å². The number of imide groups is 1. The second kappa shape index (κ2) is 12.5. The molecule has 44 heavy (non-hydrogen) atoms. The molecular weight excluding hydrogens is 617 g/mol. The van der Waals surface area contributed by atoms with Gasteiger partial charge in [0, 0.05) is 23.0 Å². The molecule has 2 aromatic carbocycles. The van der Waals surface area contributed by atoms with E-state index in [1.54, 1.807) is 51.2 Å². The SMILES string of the molecule is CC(C)(C)OC(=O)NC1CCCC(CN2C(=O)SC(=Cc3ccc4c(cnn4Cc4ccc(Cl)cc4C(F)(F)F)c3)C2=O)C1. The maximum Gasteiger partial charge on any atom is 0.416 e. The molecule has 2 unspecified atom stereocenters. The third kappa shape index (κ3) is 7.58. The van der Waals surface area contributed by atoms with Crippen molar-refractivity contribution < 1.29 is 32.3 Å². The topological polar surface area (TPSA) is 93.5 Å². The summed E-state index contributed by atoms with van der Waals surface area (Å²) in [6.45, 7) is 5.56. The second-order valence-electron chi connectivity index (χ2n) is 12.1. The van der Waals surface area contributed by atoms with Gasteiger partial charge in [-0.3, -0.25) is 19.2 Å². The molecule has 5 rings (SSSR count). The molecule has 0 radical (unpaired) electrons. The fourth-order valence-corrected chi connectivity index (χ4v) is 6.58. The van der Waals surface area contributed by atoms with Crippen molar-refractivity contribution in [2.75, 3.05) is 6.54 Å². The van der Waals surface area contributed by atoms with Crippen LogP contribution >= 0.6 is 23.4 Å². The van der Waals surface area contributed by atoms with Crippen molar-refractivity contribution in [2.24, 2.45) is 5.92 Å². The Bertz CT molecular complexity index is 1630. The number of thioether (sulfide) groups is 1. The number of hydrogen-bond acceptors (Lipinski definition) is 6. The summed E-state index contributed by atoms with van der Waals surface area (Å²) in [7, 11) is 0. The normalized spacial score (nSPS) is 20.5. The molecule has 2 aliphatic rings. The molecule has 0 bridgehead atoms. The zero-order chi connectivity index (χ0) is 31.8. The van der Waals surface area contributed by atoms with E-state index in [2.05, 4.69) is 10.4 Å².